The van der Waals surface area contributed by atoms with E-state index in [-0.39, 0.29) is 0 Å². The van der Waals surface area contributed by atoms with Crippen molar-refractivity contribution < 1.29 is 0 Å². The highest BCUT2D eigenvalue weighted by atomic mass is 15.2. The maximum absolute atomic E-state index is 5.89. The van der Waals surface area contributed by atoms with Gasteiger partial charge in [-0.15, -0.1) is 0 Å². The van der Waals surface area contributed by atoms with Gasteiger partial charge in [0.2, 0.25) is 5.95 Å². The van der Waals surface area contributed by atoms with E-state index in [2.05, 4.69) is 31.6 Å². The fourth-order valence-corrected chi connectivity index (χ4v) is 3.55. The van der Waals surface area contributed by atoms with Gasteiger partial charge in [-0.25, -0.2) is 0 Å². The van der Waals surface area contributed by atoms with Gasteiger partial charge in [0, 0.05) is 37.7 Å². The van der Waals surface area contributed by atoms with Gasteiger partial charge < -0.3 is 21.3 Å². The topological polar surface area (TPSA) is 79.1 Å². The summed E-state index contributed by atoms with van der Waals surface area (Å²) in [5.41, 5.74) is 6.34. The number of anilines is 3. The van der Waals surface area contributed by atoms with E-state index in [0.29, 0.717) is 11.4 Å². The zero-order valence-corrected chi connectivity index (χ0v) is 12.4. The molecule has 6 heteroatoms. The smallest absolute Gasteiger partial charge is 0.223 e. The molecule has 3 aliphatic rings. The number of hydrogen-bond donors (Lipinski definition) is 3. The van der Waals surface area contributed by atoms with Crippen LogP contribution in [-0.4, -0.2) is 42.7 Å². The first-order valence-electron chi connectivity index (χ1n) is 8.07. The highest BCUT2D eigenvalue weighted by molar-refractivity contribution is 5.53. The summed E-state index contributed by atoms with van der Waals surface area (Å²) >= 11 is 0. The van der Waals surface area contributed by atoms with Crippen LogP contribution in [0.3, 0.4) is 0 Å². The first-order valence-corrected chi connectivity index (χ1v) is 8.07. The van der Waals surface area contributed by atoms with Crippen molar-refractivity contribution in [2.75, 3.05) is 48.7 Å². The molecule has 0 radical (unpaired) electrons. The number of hydrogen-bond acceptors (Lipinski definition) is 6. The van der Waals surface area contributed by atoms with Crippen molar-refractivity contribution in [1.29, 1.82) is 0 Å². The predicted molar refractivity (Wildman–Crippen MR) is 84.4 cm³/mol. The lowest BCUT2D eigenvalue weighted by Crippen LogP contribution is -2.29. The highest BCUT2D eigenvalue weighted by Gasteiger charge is 2.40. The van der Waals surface area contributed by atoms with Gasteiger partial charge in [0.1, 0.15) is 11.6 Å². The molecule has 0 aromatic carbocycles. The molecule has 1 aromatic rings. The van der Waals surface area contributed by atoms with Crippen LogP contribution in [0.1, 0.15) is 25.7 Å². The Bertz CT molecular complexity index is 521. The molecule has 3 fully saturated rings. The van der Waals surface area contributed by atoms with Gasteiger partial charge in [-0.2, -0.15) is 9.97 Å². The number of nitrogens with one attached hydrogen (secondary N) is 2. The molecule has 0 bridgehead atoms. The van der Waals surface area contributed by atoms with Crippen LogP contribution in [0.15, 0.2) is 6.07 Å². The maximum Gasteiger partial charge on any atom is 0.223 e. The van der Waals surface area contributed by atoms with E-state index in [9.17, 15) is 0 Å². The molecule has 1 spiro atoms. The van der Waals surface area contributed by atoms with Gasteiger partial charge in [-0.3, -0.25) is 0 Å². The Hall–Kier alpha value is -1.56. The quantitative estimate of drug-likeness (QED) is 0.769. The summed E-state index contributed by atoms with van der Waals surface area (Å²) in [6, 6.07) is 2.06. The van der Waals surface area contributed by atoms with E-state index in [1.54, 1.807) is 0 Å². The Balaban J connectivity index is 1.48. The third-order valence-electron chi connectivity index (χ3n) is 5.09. The first-order chi connectivity index (χ1) is 10.2. The number of rotatable bonds is 4. The van der Waals surface area contributed by atoms with Crippen LogP contribution >= 0.6 is 0 Å². The Labute approximate surface area is 125 Å². The third-order valence-corrected chi connectivity index (χ3v) is 5.09. The lowest BCUT2D eigenvalue weighted by Gasteiger charge is -2.23. The van der Waals surface area contributed by atoms with Crippen molar-refractivity contribution in [2.24, 2.45) is 11.3 Å². The molecule has 4 N–H and O–H groups in total. The highest BCUT2D eigenvalue weighted by Crippen LogP contribution is 2.38. The van der Waals surface area contributed by atoms with Gasteiger partial charge >= 0.3 is 0 Å². The van der Waals surface area contributed by atoms with Gasteiger partial charge in [0.15, 0.2) is 0 Å². The van der Waals surface area contributed by atoms with Gasteiger partial charge in [0.25, 0.3) is 0 Å². The number of aromatic nitrogens is 2. The summed E-state index contributed by atoms with van der Waals surface area (Å²) in [6.45, 7) is 5.44. The Morgan fingerprint density at radius 2 is 2.29 bits per heavy atom. The third kappa shape index (κ3) is 2.77. The summed E-state index contributed by atoms with van der Waals surface area (Å²) in [5.74, 6) is 3.04. The van der Waals surface area contributed by atoms with Gasteiger partial charge in [-0.05, 0) is 38.1 Å². The Morgan fingerprint density at radius 3 is 3.05 bits per heavy atom. The molecule has 3 heterocycles. The second-order valence-electron chi connectivity index (χ2n) is 6.89. The molecular weight excluding hydrogens is 264 g/mol. The van der Waals surface area contributed by atoms with Crippen molar-refractivity contribution >= 4 is 17.6 Å². The predicted octanol–water partition coefficient (Wildman–Crippen LogP) is 1.07. The summed E-state index contributed by atoms with van der Waals surface area (Å²) in [7, 11) is 0. The molecule has 1 aliphatic carbocycles. The molecule has 2 saturated heterocycles. The Kier molecular flexibility index (Phi) is 3.14. The van der Waals surface area contributed by atoms with E-state index in [1.807, 2.05) is 0 Å². The van der Waals surface area contributed by atoms with Crippen LogP contribution in [-0.2, 0) is 0 Å². The van der Waals surface area contributed by atoms with Crippen LogP contribution < -0.4 is 21.3 Å². The minimum absolute atomic E-state index is 0.372. The molecule has 0 amide bonds. The molecule has 114 valence electrons. The van der Waals surface area contributed by atoms with Crippen LogP contribution in [0.2, 0.25) is 0 Å². The zero-order valence-electron chi connectivity index (χ0n) is 12.4. The average molecular weight is 288 g/mol. The standard InChI is InChI=1S/C15H24N6/c16-14-19-12(18-8-11-1-2-11)7-13(20-14)21-6-4-15(10-21)3-5-17-9-15/h7,11,17H,1-6,8-10H2,(H3,16,18,19,20). The molecule has 1 saturated carbocycles. The molecular formula is C15H24N6. The Morgan fingerprint density at radius 1 is 1.38 bits per heavy atom. The van der Waals surface area contributed by atoms with Crippen molar-refractivity contribution in [2.45, 2.75) is 25.7 Å². The van der Waals surface area contributed by atoms with Crippen molar-refractivity contribution in [3.8, 4) is 0 Å². The molecule has 2 aliphatic heterocycles. The average Bonchev–Trinajstić information content (AvgIpc) is 3.04. The maximum atomic E-state index is 5.89. The first kappa shape index (κ1) is 13.1. The van der Waals surface area contributed by atoms with Crippen LogP contribution in [0, 0.1) is 11.3 Å². The lowest BCUT2D eigenvalue weighted by molar-refractivity contribution is 0.369. The fraction of sp³-hybridized carbons (Fsp3) is 0.733. The van der Waals surface area contributed by atoms with Gasteiger partial charge in [0.05, 0.1) is 0 Å². The largest absolute Gasteiger partial charge is 0.370 e. The number of nitrogen functional groups attached to an aromatic ring is 1. The van der Waals surface area contributed by atoms with E-state index < -0.39 is 0 Å². The van der Waals surface area contributed by atoms with Gasteiger partial charge in [-0.1, -0.05) is 0 Å². The SMILES string of the molecule is Nc1nc(NCC2CC2)cc(N2CCC3(CCNC3)C2)n1. The van der Waals surface area contributed by atoms with E-state index in [4.69, 9.17) is 5.73 Å². The minimum Gasteiger partial charge on any atom is -0.370 e. The zero-order chi connectivity index (χ0) is 14.3. The molecule has 1 unspecified atom stereocenters. The minimum atomic E-state index is 0.372. The van der Waals surface area contributed by atoms with Crippen molar-refractivity contribution in [3.63, 3.8) is 0 Å². The lowest BCUT2D eigenvalue weighted by atomic mass is 9.87. The molecule has 1 atom stereocenters. The van der Waals surface area contributed by atoms with Crippen LogP contribution in [0.4, 0.5) is 17.6 Å². The summed E-state index contributed by atoms with van der Waals surface area (Å²) in [5, 5.41) is 6.90. The van der Waals surface area contributed by atoms with Crippen molar-refractivity contribution in [1.82, 2.24) is 15.3 Å². The summed E-state index contributed by atoms with van der Waals surface area (Å²) in [6.07, 6.45) is 5.19. The monoisotopic (exact) mass is 288 g/mol. The summed E-state index contributed by atoms with van der Waals surface area (Å²) in [4.78, 5) is 11.1. The fourth-order valence-electron chi connectivity index (χ4n) is 3.55. The molecule has 1 aromatic heterocycles. The molecule has 6 nitrogen and oxygen atoms in total. The second kappa shape index (κ2) is 5.02. The van der Waals surface area contributed by atoms with Crippen LogP contribution in [0.25, 0.3) is 0 Å². The van der Waals surface area contributed by atoms with Crippen molar-refractivity contribution in [3.05, 3.63) is 6.07 Å². The van der Waals surface area contributed by atoms with E-state index in [0.717, 1.165) is 50.3 Å². The van der Waals surface area contributed by atoms with E-state index >= 15 is 0 Å². The summed E-state index contributed by atoms with van der Waals surface area (Å²) < 4.78 is 0. The van der Waals surface area contributed by atoms with Crippen LogP contribution in [0.5, 0.6) is 0 Å². The number of nitrogens with zero attached hydrogens (tertiary/aromatic N) is 3. The molecule has 21 heavy (non-hydrogen) atoms. The second-order valence-corrected chi connectivity index (χ2v) is 6.89. The normalized spacial score (nSPS) is 28.5. The number of nitrogens with two attached hydrogens (primary N) is 1. The van der Waals surface area contributed by atoms with E-state index in [1.165, 1.54) is 25.7 Å². The molecule has 4 rings (SSSR count).